The van der Waals surface area contributed by atoms with Gasteiger partial charge in [0.05, 0.1) is 0 Å². The molecular weight excluding hydrogens is 160 g/mol. The molecule has 76 valence electrons. The second-order valence-electron chi connectivity index (χ2n) is 4.87. The van der Waals surface area contributed by atoms with Crippen molar-refractivity contribution in [3.8, 4) is 0 Å². The van der Waals surface area contributed by atoms with Gasteiger partial charge in [-0.2, -0.15) is 0 Å². The minimum absolute atomic E-state index is 0.294. The molecule has 1 rings (SSSR count). The second-order valence-corrected chi connectivity index (χ2v) is 4.87. The van der Waals surface area contributed by atoms with E-state index in [4.69, 9.17) is 0 Å². The van der Waals surface area contributed by atoms with Gasteiger partial charge in [0.15, 0.2) is 0 Å². The van der Waals surface area contributed by atoms with Crippen LogP contribution in [0, 0.1) is 11.3 Å². The zero-order valence-corrected chi connectivity index (χ0v) is 9.23. The third kappa shape index (κ3) is 2.55. The number of Topliss-reactive ketones (excluding diaryl/α,β-unsaturated/α-hetero) is 1. The summed E-state index contributed by atoms with van der Waals surface area (Å²) in [5.41, 5.74) is 0.294. The van der Waals surface area contributed by atoms with Crippen LogP contribution in [-0.4, -0.2) is 5.78 Å². The van der Waals surface area contributed by atoms with Gasteiger partial charge in [-0.05, 0) is 31.1 Å². The van der Waals surface area contributed by atoms with Crippen LogP contribution in [0.5, 0.6) is 0 Å². The molecule has 1 saturated carbocycles. The first-order valence-corrected chi connectivity index (χ1v) is 5.58. The fourth-order valence-electron chi connectivity index (χ4n) is 2.75. The van der Waals surface area contributed by atoms with Gasteiger partial charge in [-0.25, -0.2) is 0 Å². The van der Waals surface area contributed by atoms with Crippen molar-refractivity contribution in [1.82, 2.24) is 0 Å². The fraction of sp³-hybridized carbons (Fsp3) is 0.917. The summed E-state index contributed by atoms with van der Waals surface area (Å²) in [5, 5.41) is 0. The Hall–Kier alpha value is -0.330. The monoisotopic (exact) mass is 182 g/mol. The van der Waals surface area contributed by atoms with Crippen LogP contribution in [0.25, 0.3) is 0 Å². The van der Waals surface area contributed by atoms with Crippen LogP contribution in [0.1, 0.15) is 59.3 Å². The molecule has 1 aliphatic carbocycles. The Kier molecular flexibility index (Phi) is 3.52. The average molecular weight is 182 g/mol. The van der Waals surface area contributed by atoms with E-state index in [2.05, 4.69) is 13.8 Å². The Morgan fingerprint density at radius 2 is 1.92 bits per heavy atom. The van der Waals surface area contributed by atoms with E-state index in [1.54, 1.807) is 6.92 Å². The van der Waals surface area contributed by atoms with Gasteiger partial charge < -0.3 is 4.79 Å². The summed E-state index contributed by atoms with van der Waals surface area (Å²) in [7, 11) is 0. The maximum absolute atomic E-state index is 11.2. The molecule has 0 aromatic carbocycles. The van der Waals surface area contributed by atoms with Crippen LogP contribution in [0.2, 0.25) is 0 Å². The first-order chi connectivity index (χ1) is 6.08. The van der Waals surface area contributed by atoms with Gasteiger partial charge in [-0.15, -0.1) is 0 Å². The predicted molar refractivity (Wildman–Crippen MR) is 55.7 cm³/mol. The average Bonchev–Trinajstić information content (AvgIpc) is 2.55. The highest BCUT2D eigenvalue weighted by Crippen LogP contribution is 2.44. The molecule has 0 aromatic heterocycles. The summed E-state index contributed by atoms with van der Waals surface area (Å²) in [5.74, 6) is 1.16. The topological polar surface area (TPSA) is 17.1 Å². The SMILES string of the molecule is CCC(C)(CC(C)=O)C1CCCC1. The first kappa shape index (κ1) is 10.7. The summed E-state index contributed by atoms with van der Waals surface area (Å²) in [6, 6.07) is 0. The van der Waals surface area contributed by atoms with Crippen LogP contribution in [0.15, 0.2) is 0 Å². The molecule has 0 saturated heterocycles. The summed E-state index contributed by atoms with van der Waals surface area (Å²) in [4.78, 5) is 11.2. The fourth-order valence-corrected chi connectivity index (χ4v) is 2.75. The quantitative estimate of drug-likeness (QED) is 0.649. The lowest BCUT2D eigenvalue weighted by Gasteiger charge is -2.34. The molecule has 1 unspecified atom stereocenters. The van der Waals surface area contributed by atoms with Gasteiger partial charge in [0.2, 0.25) is 0 Å². The minimum Gasteiger partial charge on any atom is -0.300 e. The van der Waals surface area contributed by atoms with E-state index in [9.17, 15) is 4.79 Å². The number of carbonyl (C=O) groups is 1. The standard InChI is InChI=1S/C12H22O/c1-4-12(3,9-10(2)13)11-7-5-6-8-11/h11H,4-9H2,1-3H3. The summed E-state index contributed by atoms with van der Waals surface area (Å²) >= 11 is 0. The lowest BCUT2D eigenvalue weighted by atomic mass is 9.71. The van der Waals surface area contributed by atoms with Crippen LogP contribution in [0.3, 0.4) is 0 Å². The zero-order valence-electron chi connectivity index (χ0n) is 9.23. The van der Waals surface area contributed by atoms with Crippen molar-refractivity contribution in [3.05, 3.63) is 0 Å². The number of ketones is 1. The molecule has 1 aliphatic rings. The highest BCUT2D eigenvalue weighted by atomic mass is 16.1. The molecule has 1 nitrogen and oxygen atoms in total. The molecule has 0 spiro atoms. The second kappa shape index (κ2) is 4.26. The highest BCUT2D eigenvalue weighted by molar-refractivity contribution is 5.76. The molecule has 0 aliphatic heterocycles. The number of rotatable bonds is 4. The summed E-state index contributed by atoms with van der Waals surface area (Å²) in [6.45, 7) is 6.24. The molecule has 0 aromatic rings. The maximum Gasteiger partial charge on any atom is 0.130 e. The largest absolute Gasteiger partial charge is 0.300 e. The van der Waals surface area contributed by atoms with E-state index in [0.29, 0.717) is 11.2 Å². The molecule has 1 fully saturated rings. The molecule has 1 heteroatoms. The maximum atomic E-state index is 11.2. The number of hydrogen-bond donors (Lipinski definition) is 0. The van der Waals surface area contributed by atoms with E-state index in [1.807, 2.05) is 0 Å². The molecule has 13 heavy (non-hydrogen) atoms. The van der Waals surface area contributed by atoms with Crippen molar-refractivity contribution in [2.45, 2.75) is 59.3 Å². The lowest BCUT2D eigenvalue weighted by molar-refractivity contribution is -0.120. The summed E-state index contributed by atoms with van der Waals surface area (Å²) in [6.07, 6.45) is 7.37. The van der Waals surface area contributed by atoms with Gasteiger partial charge in [-0.3, -0.25) is 0 Å². The minimum atomic E-state index is 0.294. The Morgan fingerprint density at radius 3 is 2.31 bits per heavy atom. The van der Waals surface area contributed by atoms with Gasteiger partial charge in [0.1, 0.15) is 5.78 Å². The van der Waals surface area contributed by atoms with E-state index in [-0.39, 0.29) is 0 Å². The van der Waals surface area contributed by atoms with E-state index in [1.165, 1.54) is 25.7 Å². The molecule has 0 heterocycles. The molecule has 0 N–H and O–H groups in total. The molecule has 0 amide bonds. The third-order valence-electron chi connectivity index (χ3n) is 3.80. The smallest absolute Gasteiger partial charge is 0.130 e. The number of carbonyl (C=O) groups excluding carboxylic acids is 1. The van der Waals surface area contributed by atoms with Crippen LogP contribution in [-0.2, 0) is 4.79 Å². The molecule has 1 atom stereocenters. The predicted octanol–water partition coefficient (Wildman–Crippen LogP) is 3.57. The van der Waals surface area contributed by atoms with E-state index >= 15 is 0 Å². The van der Waals surface area contributed by atoms with Crippen molar-refractivity contribution < 1.29 is 4.79 Å². The normalized spacial score (nSPS) is 23.0. The van der Waals surface area contributed by atoms with Crippen LogP contribution < -0.4 is 0 Å². The van der Waals surface area contributed by atoms with Gasteiger partial charge >= 0.3 is 0 Å². The lowest BCUT2D eigenvalue weighted by Crippen LogP contribution is -2.27. The molecule has 0 radical (unpaired) electrons. The van der Waals surface area contributed by atoms with Crippen molar-refractivity contribution >= 4 is 5.78 Å². The van der Waals surface area contributed by atoms with E-state index in [0.717, 1.165) is 18.8 Å². The first-order valence-electron chi connectivity index (χ1n) is 5.58. The van der Waals surface area contributed by atoms with E-state index < -0.39 is 0 Å². The van der Waals surface area contributed by atoms with Crippen LogP contribution in [0.4, 0.5) is 0 Å². The highest BCUT2D eigenvalue weighted by Gasteiger charge is 2.35. The molecule has 0 bridgehead atoms. The van der Waals surface area contributed by atoms with Gasteiger partial charge in [0, 0.05) is 6.42 Å². The van der Waals surface area contributed by atoms with Crippen molar-refractivity contribution in [3.63, 3.8) is 0 Å². The molecular formula is C12H22O. The Balaban J connectivity index is 2.61. The Morgan fingerprint density at radius 1 is 1.38 bits per heavy atom. The van der Waals surface area contributed by atoms with Crippen molar-refractivity contribution in [1.29, 1.82) is 0 Å². The van der Waals surface area contributed by atoms with Gasteiger partial charge in [-0.1, -0.05) is 33.1 Å². The zero-order chi connectivity index (χ0) is 9.90. The van der Waals surface area contributed by atoms with Gasteiger partial charge in [0.25, 0.3) is 0 Å². The number of hydrogen-bond acceptors (Lipinski definition) is 1. The van der Waals surface area contributed by atoms with Crippen molar-refractivity contribution in [2.24, 2.45) is 11.3 Å². The van der Waals surface area contributed by atoms with Crippen molar-refractivity contribution in [2.75, 3.05) is 0 Å². The van der Waals surface area contributed by atoms with Crippen LogP contribution >= 0.6 is 0 Å². The summed E-state index contributed by atoms with van der Waals surface area (Å²) < 4.78 is 0. The Bertz CT molecular complexity index is 180. The third-order valence-corrected chi connectivity index (χ3v) is 3.80. The Labute approximate surface area is 81.9 Å².